The first-order chi connectivity index (χ1) is 15.3. The molecule has 2 aromatic rings. The third-order valence-electron chi connectivity index (χ3n) is 7.04. The third kappa shape index (κ3) is 4.85. The van der Waals surface area contributed by atoms with E-state index >= 15 is 0 Å². The molecule has 3 heterocycles. The molecule has 0 radical (unpaired) electrons. The van der Waals surface area contributed by atoms with Gasteiger partial charge in [0.1, 0.15) is 5.52 Å². The van der Waals surface area contributed by atoms with Crippen molar-refractivity contribution in [1.29, 1.82) is 0 Å². The van der Waals surface area contributed by atoms with Crippen molar-refractivity contribution < 1.29 is 19.8 Å². The topological polar surface area (TPSA) is 107 Å². The van der Waals surface area contributed by atoms with Gasteiger partial charge in [-0.25, -0.2) is 0 Å². The lowest BCUT2D eigenvalue weighted by atomic mass is 9.79. The highest BCUT2D eigenvalue weighted by Gasteiger charge is 2.41. The fraction of sp³-hybridized carbons (Fsp3) is 0.583. The van der Waals surface area contributed by atoms with E-state index in [4.69, 9.17) is 0 Å². The summed E-state index contributed by atoms with van der Waals surface area (Å²) in [7, 11) is 1.71. The third-order valence-corrected chi connectivity index (χ3v) is 7.04. The number of likely N-dealkylation sites (N-methyl/N-ethyl adjacent to an activating group) is 1. The van der Waals surface area contributed by atoms with Crippen LogP contribution in [0.4, 0.5) is 5.69 Å². The molecule has 2 aliphatic rings. The van der Waals surface area contributed by atoms with Gasteiger partial charge in [-0.05, 0) is 49.3 Å². The summed E-state index contributed by atoms with van der Waals surface area (Å²) in [6.07, 6.45) is 8.67. The molecule has 1 saturated carbocycles. The molecule has 4 rings (SSSR count). The van der Waals surface area contributed by atoms with Crippen LogP contribution < -0.4 is 4.90 Å². The van der Waals surface area contributed by atoms with Crippen LogP contribution in [-0.2, 0) is 9.59 Å². The number of nitrogens with zero attached hydrogens (tertiary/aromatic N) is 4. The van der Waals surface area contributed by atoms with E-state index in [0.29, 0.717) is 13.0 Å². The Morgan fingerprint density at radius 3 is 2.62 bits per heavy atom. The lowest BCUT2D eigenvalue weighted by molar-refractivity contribution is -0.142. The van der Waals surface area contributed by atoms with E-state index in [1.807, 2.05) is 18.2 Å². The molecule has 2 fully saturated rings. The molecule has 172 valence electrons. The van der Waals surface area contributed by atoms with Crippen LogP contribution >= 0.6 is 0 Å². The second-order valence-electron chi connectivity index (χ2n) is 9.65. The van der Waals surface area contributed by atoms with Gasteiger partial charge in [0.15, 0.2) is 0 Å². The van der Waals surface area contributed by atoms with Crippen LogP contribution in [0.3, 0.4) is 0 Å². The van der Waals surface area contributed by atoms with Gasteiger partial charge in [-0.1, -0.05) is 12.8 Å². The number of aliphatic carboxylic acids is 1. The van der Waals surface area contributed by atoms with Crippen molar-refractivity contribution in [2.24, 2.45) is 5.41 Å². The molecule has 1 atom stereocenters. The first kappa shape index (κ1) is 22.5. The summed E-state index contributed by atoms with van der Waals surface area (Å²) < 4.78 is 0. The van der Waals surface area contributed by atoms with Gasteiger partial charge in [-0.2, -0.15) is 0 Å². The van der Waals surface area contributed by atoms with E-state index in [9.17, 15) is 19.8 Å². The Balaban J connectivity index is 1.45. The first-order valence-corrected chi connectivity index (χ1v) is 11.4. The molecule has 1 amide bonds. The van der Waals surface area contributed by atoms with Crippen molar-refractivity contribution in [3.63, 3.8) is 0 Å². The second kappa shape index (κ2) is 9.02. The fourth-order valence-electron chi connectivity index (χ4n) is 5.51. The number of aromatic nitrogens is 2. The number of hydrogen-bond acceptors (Lipinski definition) is 6. The van der Waals surface area contributed by atoms with Crippen LogP contribution in [0.15, 0.2) is 30.6 Å². The van der Waals surface area contributed by atoms with Gasteiger partial charge in [0.2, 0.25) is 5.91 Å². The minimum absolute atomic E-state index is 0.0345. The number of pyridine rings is 2. The Morgan fingerprint density at radius 1 is 1.09 bits per heavy atom. The molecule has 2 N–H and O–H groups in total. The van der Waals surface area contributed by atoms with Gasteiger partial charge >= 0.3 is 5.97 Å². The van der Waals surface area contributed by atoms with Crippen molar-refractivity contribution >= 4 is 28.6 Å². The smallest absolute Gasteiger partial charge is 0.303 e. The summed E-state index contributed by atoms with van der Waals surface area (Å²) in [4.78, 5) is 37.0. The summed E-state index contributed by atoms with van der Waals surface area (Å²) in [6, 6.07) is 5.70. The van der Waals surface area contributed by atoms with Crippen LogP contribution in [0.2, 0.25) is 0 Å². The highest BCUT2D eigenvalue weighted by atomic mass is 16.4. The molecule has 0 spiro atoms. The number of fused-ring (bicyclic) bond motifs is 1. The lowest BCUT2D eigenvalue weighted by Crippen LogP contribution is -2.55. The molecule has 2 aromatic heterocycles. The summed E-state index contributed by atoms with van der Waals surface area (Å²) >= 11 is 0. The standard InChI is InChI=1S/C24H32N4O4/c1-27(20(29)14-23(15-21(30)31)8-2-3-9-23)16-24(32)10-5-13-28(17-24)19-7-12-25-18-6-4-11-26-22(18)19/h4,6-7,11-12,32H,2-3,5,8-10,13-17H2,1H3,(H,30,31). The van der Waals surface area contributed by atoms with E-state index in [0.717, 1.165) is 55.4 Å². The number of carboxylic acids is 1. The number of anilines is 1. The number of amides is 1. The van der Waals surface area contributed by atoms with Gasteiger partial charge in [-0.15, -0.1) is 0 Å². The monoisotopic (exact) mass is 440 g/mol. The highest BCUT2D eigenvalue weighted by molar-refractivity contribution is 5.87. The van der Waals surface area contributed by atoms with Crippen LogP contribution in [0.25, 0.3) is 11.0 Å². The highest BCUT2D eigenvalue weighted by Crippen LogP contribution is 2.44. The Kier molecular flexibility index (Phi) is 6.33. The fourth-order valence-corrected chi connectivity index (χ4v) is 5.51. The number of hydrogen-bond donors (Lipinski definition) is 2. The Morgan fingerprint density at radius 2 is 1.88 bits per heavy atom. The number of aliphatic hydroxyl groups is 1. The van der Waals surface area contributed by atoms with E-state index in [1.54, 1.807) is 24.3 Å². The average Bonchev–Trinajstić information content (AvgIpc) is 3.20. The summed E-state index contributed by atoms with van der Waals surface area (Å²) in [5.74, 6) is -0.934. The molecule has 0 aromatic carbocycles. The molecule has 1 unspecified atom stereocenters. The Bertz CT molecular complexity index is 986. The largest absolute Gasteiger partial charge is 0.481 e. The Labute approximate surface area is 188 Å². The van der Waals surface area contributed by atoms with Gasteiger partial charge in [0, 0.05) is 39.0 Å². The van der Waals surface area contributed by atoms with Crippen molar-refractivity contribution in [2.45, 2.75) is 57.0 Å². The van der Waals surface area contributed by atoms with Crippen LogP contribution in [-0.4, -0.2) is 69.2 Å². The quantitative estimate of drug-likeness (QED) is 0.682. The SMILES string of the molecule is CN(CC1(O)CCCN(c2ccnc3cccnc23)C1)C(=O)CC1(CC(=O)O)CCCC1. The summed E-state index contributed by atoms with van der Waals surface area (Å²) in [5, 5.41) is 20.7. The van der Waals surface area contributed by atoms with E-state index in [-0.39, 0.29) is 25.3 Å². The lowest BCUT2D eigenvalue weighted by Gasteiger charge is -2.42. The van der Waals surface area contributed by atoms with Crippen molar-refractivity contribution in [2.75, 3.05) is 31.6 Å². The minimum Gasteiger partial charge on any atom is -0.481 e. The molecule has 8 nitrogen and oxygen atoms in total. The normalized spacial score (nSPS) is 22.8. The molecule has 1 saturated heterocycles. The van der Waals surface area contributed by atoms with Gasteiger partial charge in [-0.3, -0.25) is 19.6 Å². The van der Waals surface area contributed by atoms with Crippen molar-refractivity contribution in [1.82, 2.24) is 14.9 Å². The van der Waals surface area contributed by atoms with Gasteiger partial charge in [0.25, 0.3) is 0 Å². The van der Waals surface area contributed by atoms with Gasteiger partial charge in [0.05, 0.1) is 29.8 Å². The zero-order chi connectivity index (χ0) is 22.8. The van der Waals surface area contributed by atoms with Gasteiger partial charge < -0.3 is 20.0 Å². The zero-order valence-corrected chi connectivity index (χ0v) is 18.7. The maximum absolute atomic E-state index is 13.0. The minimum atomic E-state index is -1.04. The maximum atomic E-state index is 13.0. The number of piperidine rings is 1. The average molecular weight is 441 g/mol. The van der Waals surface area contributed by atoms with E-state index in [2.05, 4.69) is 14.9 Å². The molecule has 32 heavy (non-hydrogen) atoms. The summed E-state index contributed by atoms with van der Waals surface area (Å²) in [6.45, 7) is 1.43. The number of carbonyl (C=O) groups is 2. The van der Waals surface area contributed by atoms with Crippen molar-refractivity contribution in [3.8, 4) is 0 Å². The van der Waals surface area contributed by atoms with Crippen LogP contribution in [0.5, 0.6) is 0 Å². The molecule has 8 heteroatoms. The molecular formula is C24H32N4O4. The Hall–Kier alpha value is -2.74. The molecule has 1 aliphatic carbocycles. The first-order valence-electron chi connectivity index (χ1n) is 11.4. The number of carbonyl (C=O) groups excluding carboxylic acids is 1. The molecule has 1 aliphatic heterocycles. The number of carboxylic acid groups (broad SMARTS) is 1. The van der Waals surface area contributed by atoms with Crippen molar-refractivity contribution in [3.05, 3.63) is 30.6 Å². The predicted octanol–water partition coefficient (Wildman–Crippen LogP) is 2.84. The summed E-state index contributed by atoms with van der Waals surface area (Å²) in [5.41, 5.74) is 1.07. The van der Waals surface area contributed by atoms with E-state index < -0.39 is 17.0 Å². The molecule has 0 bridgehead atoms. The zero-order valence-electron chi connectivity index (χ0n) is 18.7. The van der Waals surface area contributed by atoms with E-state index in [1.165, 1.54) is 0 Å². The maximum Gasteiger partial charge on any atom is 0.303 e. The number of rotatable bonds is 7. The number of β-amino-alcohol motifs (C(OH)–C–C–N with tert-alkyl or cyclic N) is 1. The second-order valence-corrected chi connectivity index (χ2v) is 9.65. The molecular weight excluding hydrogens is 408 g/mol. The van der Waals surface area contributed by atoms with Crippen LogP contribution in [0.1, 0.15) is 51.4 Å². The van der Waals surface area contributed by atoms with Crippen LogP contribution in [0, 0.1) is 5.41 Å². The predicted molar refractivity (Wildman–Crippen MR) is 121 cm³/mol.